The molecule has 1 aromatic heterocycles. The zero-order valence-electron chi connectivity index (χ0n) is 8.35. The fourth-order valence-electron chi connectivity index (χ4n) is 1.26. The van der Waals surface area contributed by atoms with Crippen LogP contribution in [0.4, 0.5) is 5.69 Å². The first-order chi connectivity index (χ1) is 7.77. The molecule has 0 spiro atoms. The average molecular weight is 233 g/mol. The first-order valence-electron chi connectivity index (χ1n) is 4.74. The van der Waals surface area contributed by atoms with E-state index in [0.29, 0.717) is 10.7 Å². The van der Waals surface area contributed by atoms with E-state index in [9.17, 15) is 4.79 Å². The minimum atomic E-state index is -0.309. The number of benzene rings is 1. The summed E-state index contributed by atoms with van der Waals surface area (Å²) in [4.78, 5) is 15.7. The van der Waals surface area contributed by atoms with E-state index in [2.05, 4.69) is 10.3 Å². The lowest BCUT2D eigenvalue weighted by Gasteiger charge is -2.04. The summed E-state index contributed by atoms with van der Waals surface area (Å²) < 4.78 is 0. The molecule has 0 aliphatic rings. The Kier molecular flexibility index (Phi) is 3.17. The Morgan fingerprint density at radius 2 is 1.88 bits per heavy atom. The lowest BCUT2D eigenvalue weighted by molar-refractivity contribution is 0.102. The highest BCUT2D eigenvalue weighted by Gasteiger charge is 2.10. The van der Waals surface area contributed by atoms with Crippen LogP contribution in [0.2, 0.25) is 5.02 Å². The van der Waals surface area contributed by atoms with Gasteiger partial charge in [-0.2, -0.15) is 0 Å². The van der Waals surface area contributed by atoms with Gasteiger partial charge in [-0.3, -0.25) is 4.79 Å². The van der Waals surface area contributed by atoms with Crippen molar-refractivity contribution in [2.45, 2.75) is 0 Å². The van der Waals surface area contributed by atoms with Crippen molar-refractivity contribution < 1.29 is 4.79 Å². The maximum absolute atomic E-state index is 11.8. The summed E-state index contributed by atoms with van der Waals surface area (Å²) in [6.45, 7) is 0. The maximum Gasteiger partial charge on any atom is 0.275 e. The molecule has 80 valence electrons. The van der Waals surface area contributed by atoms with Crippen molar-refractivity contribution >= 4 is 23.2 Å². The predicted molar refractivity (Wildman–Crippen MR) is 63.6 cm³/mol. The van der Waals surface area contributed by atoms with E-state index < -0.39 is 0 Å². The van der Waals surface area contributed by atoms with E-state index in [0.717, 1.165) is 0 Å². The molecule has 16 heavy (non-hydrogen) atoms. The van der Waals surface area contributed by atoms with Crippen LogP contribution in [0, 0.1) is 0 Å². The van der Waals surface area contributed by atoms with Gasteiger partial charge in [0.15, 0.2) is 0 Å². The van der Waals surface area contributed by atoms with Crippen LogP contribution in [0.15, 0.2) is 48.7 Å². The molecule has 1 aromatic carbocycles. The maximum atomic E-state index is 11.8. The lowest BCUT2D eigenvalue weighted by Crippen LogP contribution is -2.13. The molecule has 0 fully saturated rings. The zero-order chi connectivity index (χ0) is 11.4. The molecular formula is C12H9ClN2O. The Labute approximate surface area is 98.1 Å². The third kappa shape index (κ3) is 2.38. The fraction of sp³-hybridized carbons (Fsp3) is 0. The highest BCUT2D eigenvalue weighted by molar-refractivity contribution is 6.34. The predicted octanol–water partition coefficient (Wildman–Crippen LogP) is 2.99. The molecule has 1 amide bonds. The van der Waals surface area contributed by atoms with Crippen LogP contribution in [0.3, 0.4) is 0 Å². The van der Waals surface area contributed by atoms with Crippen molar-refractivity contribution in [2.24, 2.45) is 0 Å². The Hall–Kier alpha value is -1.87. The van der Waals surface area contributed by atoms with E-state index in [1.165, 1.54) is 6.20 Å². The Morgan fingerprint density at radius 1 is 1.12 bits per heavy atom. The van der Waals surface area contributed by atoms with Gasteiger partial charge in [0.05, 0.1) is 5.02 Å². The van der Waals surface area contributed by atoms with Crippen LogP contribution >= 0.6 is 11.6 Å². The van der Waals surface area contributed by atoms with Crippen LogP contribution in [0.1, 0.15) is 10.5 Å². The molecule has 3 nitrogen and oxygen atoms in total. The molecule has 0 saturated carbocycles. The van der Waals surface area contributed by atoms with E-state index in [1.54, 1.807) is 24.3 Å². The van der Waals surface area contributed by atoms with Crippen LogP contribution in [-0.4, -0.2) is 10.9 Å². The monoisotopic (exact) mass is 232 g/mol. The van der Waals surface area contributed by atoms with Gasteiger partial charge in [0.25, 0.3) is 5.91 Å². The molecule has 4 heteroatoms. The van der Waals surface area contributed by atoms with Gasteiger partial charge in [-0.25, -0.2) is 4.98 Å². The number of para-hydroxylation sites is 1. The van der Waals surface area contributed by atoms with Crippen LogP contribution in [-0.2, 0) is 0 Å². The molecular weight excluding hydrogens is 224 g/mol. The molecule has 0 bridgehead atoms. The van der Waals surface area contributed by atoms with E-state index in [1.807, 2.05) is 18.2 Å². The number of amides is 1. The number of hydrogen-bond acceptors (Lipinski definition) is 2. The number of rotatable bonds is 2. The van der Waals surface area contributed by atoms with Gasteiger partial charge in [0.1, 0.15) is 5.69 Å². The highest BCUT2D eigenvalue weighted by Crippen LogP contribution is 2.14. The van der Waals surface area contributed by atoms with E-state index >= 15 is 0 Å². The Bertz CT molecular complexity index is 499. The van der Waals surface area contributed by atoms with Crippen molar-refractivity contribution in [1.82, 2.24) is 4.98 Å². The second kappa shape index (κ2) is 4.77. The van der Waals surface area contributed by atoms with E-state index in [4.69, 9.17) is 11.6 Å². The SMILES string of the molecule is O=C(Nc1ccccc1)c1ncccc1Cl. The molecule has 2 rings (SSSR count). The second-order valence-electron chi connectivity index (χ2n) is 3.15. The standard InChI is InChI=1S/C12H9ClN2O/c13-10-7-4-8-14-11(10)12(16)15-9-5-2-1-3-6-9/h1-8H,(H,15,16). The fourth-order valence-corrected chi connectivity index (χ4v) is 1.47. The number of halogens is 1. The first-order valence-corrected chi connectivity index (χ1v) is 5.12. The summed E-state index contributed by atoms with van der Waals surface area (Å²) in [7, 11) is 0. The molecule has 0 radical (unpaired) electrons. The van der Waals surface area contributed by atoms with Crippen molar-refractivity contribution in [2.75, 3.05) is 5.32 Å². The Morgan fingerprint density at radius 3 is 2.56 bits per heavy atom. The van der Waals surface area contributed by atoms with Gasteiger partial charge < -0.3 is 5.32 Å². The van der Waals surface area contributed by atoms with Gasteiger partial charge >= 0.3 is 0 Å². The number of hydrogen-bond donors (Lipinski definition) is 1. The van der Waals surface area contributed by atoms with Crippen molar-refractivity contribution in [3.05, 3.63) is 59.4 Å². The first kappa shape index (κ1) is 10.6. The Balaban J connectivity index is 2.19. The number of pyridine rings is 1. The third-order valence-electron chi connectivity index (χ3n) is 2.01. The topological polar surface area (TPSA) is 42.0 Å². The van der Waals surface area contributed by atoms with Gasteiger partial charge in [-0.15, -0.1) is 0 Å². The van der Waals surface area contributed by atoms with Gasteiger partial charge in [-0.05, 0) is 24.3 Å². The lowest BCUT2D eigenvalue weighted by atomic mass is 10.3. The number of aromatic nitrogens is 1. The molecule has 0 aliphatic heterocycles. The summed E-state index contributed by atoms with van der Waals surface area (Å²) in [6, 6.07) is 12.5. The molecule has 0 atom stereocenters. The molecule has 0 saturated heterocycles. The summed E-state index contributed by atoms with van der Waals surface area (Å²) in [6.07, 6.45) is 1.53. The molecule has 1 heterocycles. The molecule has 0 aliphatic carbocycles. The van der Waals surface area contributed by atoms with Gasteiger partial charge in [-0.1, -0.05) is 29.8 Å². The largest absolute Gasteiger partial charge is 0.321 e. The minimum absolute atomic E-state index is 0.230. The summed E-state index contributed by atoms with van der Waals surface area (Å²) >= 11 is 5.86. The van der Waals surface area contributed by atoms with Gasteiger partial charge in [0, 0.05) is 11.9 Å². The highest BCUT2D eigenvalue weighted by atomic mass is 35.5. The number of carbonyl (C=O) groups is 1. The summed E-state index contributed by atoms with van der Waals surface area (Å²) in [5.41, 5.74) is 0.947. The number of nitrogens with one attached hydrogen (secondary N) is 1. The second-order valence-corrected chi connectivity index (χ2v) is 3.56. The molecule has 1 N–H and O–H groups in total. The zero-order valence-corrected chi connectivity index (χ0v) is 9.11. The number of anilines is 1. The van der Waals surface area contributed by atoms with Crippen LogP contribution in [0.5, 0.6) is 0 Å². The van der Waals surface area contributed by atoms with Crippen LogP contribution in [0.25, 0.3) is 0 Å². The van der Waals surface area contributed by atoms with E-state index in [-0.39, 0.29) is 11.6 Å². The average Bonchev–Trinajstić information content (AvgIpc) is 2.31. The van der Waals surface area contributed by atoms with Crippen molar-refractivity contribution in [3.63, 3.8) is 0 Å². The molecule has 2 aromatic rings. The summed E-state index contributed by atoms with van der Waals surface area (Å²) in [5.74, 6) is -0.309. The number of nitrogens with zero attached hydrogens (tertiary/aromatic N) is 1. The smallest absolute Gasteiger partial charge is 0.275 e. The minimum Gasteiger partial charge on any atom is -0.321 e. The van der Waals surface area contributed by atoms with Crippen molar-refractivity contribution in [1.29, 1.82) is 0 Å². The van der Waals surface area contributed by atoms with Crippen LogP contribution < -0.4 is 5.32 Å². The quantitative estimate of drug-likeness (QED) is 0.865. The van der Waals surface area contributed by atoms with Gasteiger partial charge in [0.2, 0.25) is 0 Å². The third-order valence-corrected chi connectivity index (χ3v) is 2.31. The number of carbonyl (C=O) groups excluding carboxylic acids is 1. The van der Waals surface area contributed by atoms with Crippen molar-refractivity contribution in [3.8, 4) is 0 Å². The molecule has 0 unspecified atom stereocenters. The normalized spacial score (nSPS) is 9.81. The summed E-state index contributed by atoms with van der Waals surface area (Å²) in [5, 5.41) is 3.06.